The fourth-order valence-corrected chi connectivity index (χ4v) is 1.08. The zero-order valence-electron chi connectivity index (χ0n) is 9.39. The maximum atomic E-state index is 8.52. The molecule has 6 heteroatoms. The van der Waals surface area contributed by atoms with Crippen molar-refractivity contribution in [2.75, 3.05) is 19.6 Å². The predicted octanol–water partition coefficient (Wildman–Crippen LogP) is 1.52. The molecule has 0 atom stereocenters. The van der Waals surface area contributed by atoms with Crippen molar-refractivity contribution in [1.29, 1.82) is 10.5 Å². The second-order valence-electron chi connectivity index (χ2n) is 2.86. The second kappa shape index (κ2) is 5.99. The summed E-state index contributed by atoms with van der Waals surface area (Å²) in [6.07, 6.45) is 0. The van der Waals surface area contributed by atoms with Crippen LogP contribution in [0.25, 0.3) is 0 Å². The van der Waals surface area contributed by atoms with Gasteiger partial charge in [0.15, 0.2) is 0 Å². The average Bonchev–Trinajstić information content (AvgIpc) is 2.39. The van der Waals surface area contributed by atoms with Crippen molar-refractivity contribution in [3.05, 3.63) is 18.2 Å². The van der Waals surface area contributed by atoms with Gasteiger partial charge in [-0.3, -0.25) is 5.43 Å². The molecule has 0 bridgehead atoms. The van der Waals surface area contributed by atoms with Crippen molar-refractivity contribution in [3.63, 3.8) is 0 Å². The first kappa shape index (κ1) is 12.3. The van der Waals surface area contributed by atoms with Crippen LogP contribution in [0.3, 0.4) is 0 Å². The minimum absolute atomic E-state index is 0.261. The molecule has 1 aromatic rings. The number of ether oxygens (including phenoxy) is 2. The van der Waals surface area contributed by atoms with Gasteiger partial charge in [-0.15, -0.1) is 0 Å². The molecule has 86 valence electrons. The number of rotatable bonds is 4. The zero-order chi connectivity index (χ0) is 12.7. The van der Waals surface area contributed by atoms with Gasteiger partial charge in [0.25, 0.3) is 0 Å². The number of anilines is 1. The fraction of sp³-hybridized carbons (Fsp3) is 0.182. The van der Waals surface area contributed by atoms with E-state index in [2.05, 4.69) is 10.5 Å². The number of hydrazone groups is 1. The first-order chi connectivity index (χ1) is 8.24. The number of nitrogens with zero attached hydrogens (tertiary/aromatic N) is 3. The summed E-state index contributed by atoms with van der Waals surface area (Å²) in [7, 11) is 3.04. The van der Waals surface area contributed by atoms with Gasteiger partial charge in [-0.2, -0.15) is 15.6 Å². The van der Waals surface area contributed by atoms with Gasteiger partial charge < -0.3 is 9.47 Å². The summed E-state index contributed by atoms with van der Waals surface area (Å²) in [6, 6.07) is 8.33. The molecule has 0 radical (unpaired) electrons. The molecule has 17 heavy (non-hydrogen) atoms. The number of nitriles is 2. The lowest BCUT2D eigenvalue weighted by Crippen LogP contribution is -1.98. The van der Waals surface area contributed by atoms with Gasteiger partial charge in [0.1, 0.15) is 23.6 Å². The molecule has 0 saturated carbocycles. The molecule has 0 saturated heterocycles. The molecule has 0 spiro atoms. The Morgan fingerprint density at radius 2 is 1.94 bits per heavy atom. The van der Waals surface area contributed by atoms with E-state index >= 15 is 0 Å². The second-order valence-corrected chi connectivity index (χ2v) is 2.86. The van der Waals surface area contributed by atoms with Gasteiger partial charge in [0.2, 0.25) is 5.71 Å². The van der Waals surface area contributed by atoms with Gasteiger partial charge in [-0.05, 0) is 12.1 Å². The van der Waals surface area contributed by atoms with E-state index in [1.807, 2.05) is 0 Å². The maximum Gasteiger partial charge on any atom is 0.237 e. The third-order valence-electron chi connectivity index (χ3n) is 1.91. The quantitative estimate of drug-likeness (QED) is 0.625. The van der Waals surface area contributed by atoms with Gasteiger partial charge in [0, 0.05) is 6.07 Å². The summed E-state index contributed by atoms with van der Waals surface area (Å²) in [5.41, 5.74) is 2.86. The van der Waals surface area contributed by atoms with Crippen LogP contribution in [0.15, 0.2) is 23.3 Å². The molecular weight excluding hydrogens is 220 g/mol. The standard InChI is InChI=1S/C11H10N4O2/c1-16-9-3-4-10(11(5-9)17-2)15-14-8(6-12)7-13/h3-5,15H,1-2H3. The lowest BCUT2D eigenvalue weighted by Gasteiger charge is -2.09. The number of hydrogen-bond donors (Lipinski definition) is 1. The highest BCUT2D eigenvalue weighted by atomic mass is 16.5. The summed E-state index contributed by atoms with van der Waals surface area (Å²) in [4.78, 5) is 0. The molecule has 0 fully saturated rings. The lowest BCUT2D eigenvalue weighted by molar-refractivity contribution is 0.395. The van der Waals surface area contributed by atoms with Gasteiger partial charge in [-0.1, -0.05) is 0 Å². The Morgan fingerprint density at radius 1 is 1.24 bits per heavy atom. The Labute approximate surface area is 98.7 Å². The Balaban J connectivity index is 2.97. The number of benzene rings is 1. The summed E-state index contributed by atoms with van der Waals surface area (Å²) >= 11 is 0. The van der Waals surface area contributed by atoms with Crippen molar-refractivity contribution in [2.24, 2.45) is 5.10 Å². The SMILES string of the molecule is COc1ccc(NN=C(C#N)C#N)c(OC)c1. The Hall–Kier alpha value is -2.73. The van der Waals surface area contributed by atoms with Crippen molar-refractivity contribution < 1.29 is 9.47 Å². The minimum Gasteiger partial charge on any atom is -0.497 e. The van der Waals surface area contributed by atoms with E-state index < -0.39 is 0 Å². The van der Waals surface area contributed by atoms with Crippen molar-refractivity contribution in [2.45, 2.75) is 0 Å². The topological polar surface area (TPSA) is 90.4 Å². The zero-order valence-corrected chi connectivity index (χ0v) is 9.39. The van der Waals surface area contributed by atoms with Gasteiger partial charge in [0.05, 0.1) is 19.9 Å². The number of methoxy groups -OCH3 is 2. The van der Waals surface area contributed by atoms with Crippen molar-refractivity contribution in [3.8, 4) is 23.6 Å². The molecule has 0 aliphatic heterocycles. The highest BCUT2D eigenvalue weighted by molar-refractivity contribution is 6.10. The van der Waals surface area contributed by atoms with Crippen LogP contribution in [-0.4, -0.2) is 19.9 Å². The van der Waals surface area contributed by atoms with Crippen LogP contribution >= 0.6 is 0 Å². The maximum absolute atomic E-state index is 8.52. The fourth-order valence-electron chi connectivity index (χ4n) is 1.08. The van der Waals surface area contributed by atoms with Crippen LogP contribution in [0.4, 0.5) is 5.69 Å². The van der Waals surface area contributed by atoms with E-state index in [0.717, 1.165) is 0 Å². The molecule has 1 rings (SSSR count). The summed E-state index contributed by atoms with van der Waals surface area (Å²) < 4.78 is 10.1. The number of nitrogens with one attached hydrogen (secondary N) is 1. The summed E-state index contributed by atoms with van der Waals surface area (Å²) in [6.45, 7) is 0. The van der Waals surface area contributed by atoms with E-state index in [4.69, 9.17) is 20.0 Å². The monoisotopic (exact) mass is 230 g/mol. The van der Waals surface area contributed by atoms with E-state index in [1.165, 1.54) is 7.11 Å². The predicted molar refractivity (Wildman–Crippen MR) is 61.8 cm³/mol. The van der Waals surface area contributed by atoms with Crippen LogP contribution in [0.1, 0.15) is 0 Å². The molecule has 0 aliphatic carbocycles. The molecule has 0 aromatic heterocycles. The molecule has 0 unspecified atom stereocenters. The molecule has 0 heterocycles. The van der Waals surface area contributed by atoms with Crippen molar-refractivity contribution >= 4 is 11.4 Å². The Kier molecular flexibility index (Phi) is 4.34. The molecule has 6 nitrogen and oxygen atoms in total. The minimum atomic E-state index is -0.261. The van der Waals surface area contributed by atoms with Crippen LogP contribution in [0.2, 0.25) is 0 Å². The first-order valence-corrected chi connectivity index (χ1v) is 4.61. The van der Waals surface area contributed by atoms with E-state index in [-0.39, 0.29) is 5.71 Å². The Bertz CT molecular complexity index is 495. The van der Waals surface area contributed by atoms with Crippen LogP contribution in [0.5, 0.6) is 11.5 Å². The lowest BCUT2D eigenvalue weighted by atomic mass is 10.3. The van der Waals surface area contributed by atoms with E-state index in [9.17, 15) is 0 Å². The third-order valence-corrected chi connectivity index (χ3v) is 1.91. The molecule has 1 aromatic carbocycles. The van der Waals surface area contributed by atoms with E-state index in [0.29, 0.717) is 17.2 Å². The smallest absolute Gasteiger partial charge is 0.237 e. The van der Waals surface area contributed by atoms with Gasteiger partial charge in [-0.25, -0.2) is 0 Å². The summed E-state index contributed by atoms with van der Waals surface area (Å²) in [5, 5.41) is 20.7. The van der Waals surface area contributed by atoms with Gasteiger partial charge >= 0.3 is 0 Å². The molecule has 1 N–H and O–H groups in total. The summed E-state index contributed by atoms with van der Waals surface area (Å²) in [5.74, 6) is 1.14. The Morgan fingerprint density at radius 3 is 2.47 bits per heavy atom. The first-order valence-electron chi connectivity index (χ1n) is 4.61. The van der Waals surface area contributed by atoms with Crippen LogP contribution in [-0.2, 0) is 0 Å². The molecular formula is C11H10N4O2. The van der Waals surface area contributed by atoms with Crippen LogP contribution in [0, 0.1) is 22.7 Å². The third kappa shape index (κ3) is 3.11. The van der Waals surface area contributed by atoms with Crippen molar-refractivity contribution in [1.82, 2.24) is 0 Å². The molecule has 0 aliphatic rings. The number of hydrogen-bond acceptors (Lipinski definition) is 6. The normalized spacial score (nSPS) is 8.47. The molecule has 0 amide bonds. The largest absolute Gasteiger partial charge is 0.497 e. The highest BCUT2D eigenvalue weighted by Crippen LogP contribution is 2.28. The average molecular weight is 230 g/mol. The highest BCUT2D eigenvalue weighted by Gasteiger charge is 2.04. The van der Waals surface area contributed by atoms with E-state index in [1.54, 1.807) is 37.4 Å². The van der Waals surface area contributed by atoms with Crippen LogP contribution < -0.4 is 14.9 Å².